The number of methoxy groups -OCH3 is 1. The highest BCUT2D eigenvalue weighted by molar-refractivity contribution is 9.10. The van der Waals surface area contributed by atoms with Gasteiger partial charge in [-0.05, 0) is 51.5 Å². The second kappa shape index (κ2) is 7.09. The number of thiophene rings is 1. The molecule has 0 unspecified atom stereocenters. The van der Waals surface area contributed by atoms with Crippen LogP contribution in [0.25, 0.3) is 0 Å². The van der Waals surface area contributed by atoms with Gasteiger partial charge in [-0.1, -0.05) is 19.9 Å². The Morgan fingerprint density at radius 1 is 1.33 bits per heavy atom. The van der Waals surface area contributed by atoms with Gasteiger partial charge in [-0.3, -0.25) is 4.79 Å². The standard InChI is InChI=1S/C16H18BrNO2S/c1-10(2)15(14-5-4-8-21-14)18-16(19)11-6-7-13(20-3)12(17)9-11/h4-10,15H,1-3H3,(H,18,19)/t15-/m1/s1. The van der Waals surface area contributed by atoms with Crippen molar-refractivity contribution in [2.45, 2.75) is 19.9 Å². The normalized spacial score (nSPS) is 12.2. The minimum absolute atomic E-state index is 0.0263. The first-order chi connectivity index (χ1) is 10.0. The van der Waals surface area contributed by atoms with Crippen molar-refractivity contribution in [1.29, 1.82) is 0 Å². The van der Waals surface area contributed by atoms with Crippen molar-refractivity contribution in [2.24, 2.45) is 5.92 Å². The van der Waals surface area contributed by atoms with E-state index < -0.39 is 0 Å². The van der Waals surface area contributed by atoms with Gasteiger partial charge in [0.15, 0.2) is 0 Å². The zero-order chi connectivity index (χ0) is 15.4. The van der Waals surface area contributed by atoms with Crippen LogP contribution in [0.2, 0.25) is 0 Å². The molecule has 3 nitrogen and oxygen atoms in total. The Kier molecular flexibility index (Phi) is 5.42. The topological polar surface area (TPSA) is 38.3 Å². The summed E-state index contributed by atoms with van der Waals surface area (Å²) in [5.41, 5.74) is 0.616. The summed E-state index contributed by atoms with van der Waals surface area (Å²) in [5.74, 6) is 0.963. The van der Waals surface area contributed by atoms with E-state index in [-0.39, 0.29) is 11.9 Å². The van der Waals surface area contributed by atoms with Crippen molar-refractivity contribution >= 4 is 33.2 Å². The Hall–Kier alpha value is -1.33. The number of rotatable bonds is 5. The van der Waals surface area contributed by atoms with Crippen molar-refractivity contribution in [3.63, 3.8) is 0 Å². The molecule has 0 spiro atoms. The summed E-state index contributed by atoms with van der Waals surface area (Å²) in [7, 11) is 1.60. The maximum Gasteiger partial charge on any atom is 0.251 e. The molecule has 0 aliphatic carbocycles. The minimum Gasteiger partial charge on any atom is -0.496 e. The molecule has 0 fully saturated rings. The SMILES string of the molecule is COc1ccc(C(=O)N[C@@H](c2cccs2)C(C)C)cc1Br. The van der Waals surface area contributed by atoms with E-state index in [0.717, 1.165) is 4.47 Å². The lowest BCUT2D eigenvalue weighted by Gasteiger charge is -2.21. The van der Waals surface area contributed by atoms with Gasteiger partial charge in [0.1, 0.15) is 5.75 Å². The van der Waals surface area contributed by atoms with Gasteiger partial charge in [0.05, 0.1) is 17.6 Å². The monoisotopic (exact) mass is 367 g/mol. The molecule has 0 saturated carbocycles. The molecule has 2 rings (SSSR count). The lowest BCUT2D eigenvalue weighted by Crippen LogP contribution is -2.31. The molecule has 1 N–H and O–H groups in total. The van der Waals surface area contributed by atoms with Gasteiger partial charge in [0.25, 0.3) is 5.91 Å². The van der Waals surface area contributed by atoms with Crippen LogP contribution in [0.4, 0.5) is 0 Å². The maximum absolute atomic E-state index is 12.4. The van der Waals surface area contributed by atoms with E-state index in [1.54, 1.807) is 36.6 Å². The molecule has 1 aromatic heterocycles. The van der Waals surface area contributed by atoms with E-state index in [1.807, 2.05) is 11.4 Å². The molecule has 0 radical (unpaired) electrons. The Morgan fingerprint density at radius 2 is 2.10 bits per heavy atom. The Bertz CT molecular complexity index is 611. The fourth-order valence-electron chi connectivity index (χ4n) is 2.07. The lowest BCUT2D eigenvalue weighted by molar-refractivity contribution is 0.0926. The molecule has 2 aromatic rings. The molecule has 1 aromatic carbocycles. The van der Waals surface area contributed by atoms with Crippen molar-refractivity contribution in [1.82, 2.24) is 5.32 Å². The van der Waals surface area contributed by atoms with E-state index in [9.17, 15) is 4.79 Å². The fourth-order valence-corrected chi connectivity index (χ4v) is 3.56. The van der Waals surface area contributed by atoms with Crippen LogP contribution in [0.5, 0.6) is 5.75 Å². The van der Waals surface area contributed by atoms with Crippen LogP contribution < -0.4 is 10.1 Å². The van der Waals surface area contributed by atoms with Crippen molar-refractivity contribution in [2.75, 3.05) is 7.11 Å². The number of carbonyl (C=O) groups is 1. The predicted octanol–water partition coefficient (Wildman–Crippen LogP) is 4.65. The maximum atomic E-state index is 12.4. The largest absolute Gasteiger partial charge is 0.496 e. The Balaban J connectivity index is 2.18. The van der Waals surface area contributed by atoms with E-state index >= 15 is 0 Å². The highest BCUT2D eigenvalue weighted by atomic mass is 79.9. The zero-order valence-electron chi connectivity index (χ0n) is 12.2. The van der Waals surface area contributed by atoms with Gasteiger partial charge >= 0.3 is 0 Å². The number of hydrogen-bond donors (Lipinski definition) is 1. The molecule has 0 aliphatic heterocycles. The molecule has 1 atom stereocenters. The third kappa shape index (κ3) is 3.86. The van der Waals surface area contributed by atoms with Gasteiger partial charge in [0.2, 0.25) is 0 Å². The number of nitrogens with one attached hydrogen (secondary N) is 1. The van der Waals surface area contributed by atoms with Gasteiger partial charge in [-0.2, -0.15) is 0 Å². The average molecular weight is 368 g/mol. The molecule has 112 valence electrons. The van der Waals surface area contributed by atoms with Crippen LogP contribution in [-0.2, 0) is 0 Å². The van der Waals surface area contributed by atoms with Crippen molar-refractivity contribution < 1.29 is 9.53 Å². The van der Waals surface area contributed by atoms with E-state index in [0.29, 0.717) is 17.2 Å². The first kappa shape index (κ1) is 16.0. The van der Waals surface area contributed by atoms with Crippen molar-refractivity contribution in [3.8, 4) is 5.75 Å². The number of hydrogen-bond acceptors (Lipinski definition) is 3. The summed E-state index contributed by atoms with van der Waals surface area (Å²) in [4.78, 5) is 13.6. The van der Waals surface area contributed by atoms with Crippen molar-refractivity contribution in [3.05, 3.63) is 50.6 Å². The Labute approximate surface area is 137 Å². The highest BCUT2D eigenvalue weighted by Gasteiger charge is 2.20. The number of amides is 1. The molecule has 1 amide bonds. The lowest BCUT2D eigenvalue weighted by atomic mass is 10.0. The zero-order valence-corrected chi connectivity index (χ0v) is 14.6. The molecule has 0 aliphatic rings. The van der Waals surface area contributed by atoms with Gasteiger partial charge in [-0.25, -0.2) is 0 Å². The second-order valence-corrected chi connectivity index (χ2v) is 6.89. The smallest absolute Gasteiger partial charge is 0.251 e. The highest BCUT2D eigenvalue weighted by Crippen LogP contribution is 2.28. The second-order valence-electron chi connectivity index (χ2n) is 5.06. The van der Waals surface area contributed by atoms with Crippen LogP contribution >= 0.6 is 27.3 Å². The van der Waals surface area contributed by atoms with Crippen LogP contribution in [0, 0.1) is 5.92 Å². The average Bonchev–Trinajstić information content (AvgIpc) is 2.97. The number of ether oxygens (including phenoxy) is 1. The molecule has 1 heterocycles. The van der Waals surface area contributed by atoms with Crippen LogP contribution in [-0.4, -0.2) is 13.0 Å². The van der Waals surface area contributed by atoms with E-state index in [4.69, 9.17) is 4.74 Å². The number of benzene rings is 1. The van der Waals surface area contributed by atoms with Gasteiger partial charge in [0, 0.05) is 10.4 Å². The van der Waals surface area contributed by atoms with E-state index in [1.165, 1.54) is 4.88 Å². The Morgan fingerprint density at radius 3 is 2.62 bits per heavy atom. The predicted molar refractivity (Wildman–Crippen MR) is 90.1 cm³/mol. The van der Waals surface area contributed by atoms with Crippen LogP contribution in [0.3, 0.4) is 0 Å². The van der Waals surface area contributed by atoms with Gasteiger partial charge in [-0.15, -0.1) is 11.3 Å². The van der Waals surface area contributed by atoms with E-state index in [2.05, 4.69) is 41.2 Å². The molecule has 5 heteroatoms. The summed E-state index contributed by atoms with van der Waals surface area (Å²) < 4.78 is 5.95. The minimum atomic E-state index is -0.0783. The summed E-state index contributed by atoms with van der Waals surface area (Å²) in [6.07, 6.45) is 0. The molecular formula is C16H18BrNO2S. The summed E-state index contributed by atoms with van der Waals surface area (Å²) in [5, 5.41) is 5.14. The van der Waals surface area contributed by atoms with Crippen LogP contribution in [0.1, 0.15) is 35.1 Å². The quantitative estimate of drug-likeness (QED) is 0.835. The first-order valence-electron chi connectivity index (χ1n) is 6.70. The molecule has 21 heavy (non-hydrogen) atoms. The molecule has 0 bridgehead atoms. The number of carbonyl (C=O) groups excluding carboxylic acids is 1. The summed E-state index contributed by atoms with van der Waals surface area (Å²) in [6.45, 7) is 4.21. The van der Waals surface area contributed by atoms with Crippen LogP contribution in [0.15, 0.2) is 40.2 Å². The summed E-state index contributed by atoms with van der Waals surface area (Å²) >= 11 is 5.07. The molecular weight excluding hydrogens is 350 g/mol. The third-order valence-electron chi connectivity index (χ3n) is 3.22. The fraction of sp³-hybridized carbons (Fsp3) is 0.312. The van der Waals surface area contributed by atoms with Gasteiger partial charge < -0.3 is 10.1 Å². The third-order valence-corrected chi connectivity index (χ3v) is 4.79. The first-order valence-corrected chi connectivity index (χ1v) is 8.38. The molecule has 0 saturated heterocycles. The summed E-state index contributed by atoms with van der Waals surface area (Å²) in [6, 6.07) is 9.42. The number of halogens is 1.